The number of rotatable bonds is 2. The second-order valence-electron chi connectivity index (χ2n) is 3.12. The number of hydrogen-bond acceptors (Lipinski definition) is 4. The molecule has 0 spiro atoms. The smallest absolute Gasteiger partial charge is 0.409 e. The van der Waals surface area contributed by atoms with Crippen LogP contribution in [0.15, 0.2) is 35.4 Å². The summed E-state index contributed by atoms with van der Waals surface area (Å²) in [4.78, 5) is 32.2. The Hall–Kier alpha value is -2.70. The van der Waals surface area contributed by atoms with Crippen molar-refractivity contribution in [2.75, 3.05) is 5.32 Å². The lowest BCUT2D eigenvalue weighted by atomic mass is 10.3. The van der Waals surface area contributed by atoms with Gasteiger partial charge < -0.3 is 10.1 Å². The molecule has 0 radical (unpaired) electrons. The highest BCUT2D eigenvalue weighted by atomic mass is 16.4. The topological polar surface area (TPSA) is 108 Å². The van der Waals surface area contributed by atoms with E-state index in [0.29, 0.717) is 5.69 Å². The number of H-pyrrole nitrogens is 1. The molecule has 0 aromatic carbocycles. The van der Waals surface area contributed by atoms with Gasteiger partial charge in [-0.05, 0) is 12.1 Å². The molecule has 7 heteroatoms. The number of hydrogen-bond donors (Lipinski definition) is 3. The second kappa shape index (κ2) is 4.44. The van der Waals surface area contributed by atoms with E-state index >= 15 is 0 Å². The maximum Gasteiger partial charge on any atom is 0.409 e. The van der Waals surface area contributed by atoms with Gasteiger partial charge in [0.2, 0.25) is 0 Å². The molecule has 7 nitrogen and oxygen atoms in total. The predicted molar refractivity (Wildman–Crippen MR) is 59.7 cm³/mol. The van der Waals surface area contributed by atoms with E-state index in [1.54, 1.807) is 24.4 Å². The highest BCUT2D eigenvalue weighted by molar-refractivity contribution is 5.82. The molecule has 1 amide bonds. The maximum atomic E-state index is 11.5. The molecular weight excluding hydrogens is 224 g/mol. The molecule has 0 fully saturated rings. The fourth-order valence-electron chi connectivity index (χ4n) is 1.23. The molecule has 2 heterocycles. The standard InChI is InChI=1S/C10H8N4O3/c15-9-7(13-10(16)17)5-12-8(14-9)6-3-1-2-4-11-6/h1-5,13H,(H,16,17)(H,12,14,15). The van der Waals surface area contributed by atoms with Crippen LogP contribution in [0.5, 0.6) is 0 Å². The van der Waals surface area contributed by atoms with Gasteiger partial charge in [0.05, 0.1) is 6.20 Å². The molecule has 2 rings (SSSR count). The summed E-state index contributed by atoms with van der Waals surface area (Å²) in [6.45, 7) is 0. The fraction of sp³-hybridized carbons (Fsp3) is 0. The number of aromatic nitrogens is 3. The molecule has 0 bridgehead atoms. The van der Waals surface area contributed by atoms with Crippen LogP contribution >= 0.6 is 0 Å². The average molecular weight is 232 g/mol. The maximum absolute atomic E-state index is 11.5. The van der Waals surface area contributed by atoms with Gasteiger partial charge in [0.25, 0.3) is 5.56 Å². The number of carboxylic acid groups (broad SMARTS) is 1. The minimum absolute atomic E-state index is 0.128. The zero-order valence-corrected chi connectivity index (χ0v) is 8.54. The van der Waals surface area contributed by atoms with Crippen molar-refractivity contribution in [3.05, 3.63) is 40.9 Å². The van der Waals surface area contributed by atoms with E-state index in [1.807, 2.05) is 5.32 Å². The lowest BCUT2D eigenvalue weighted by Gasteiger charge is -2.01. The van der Waals surface area contributed by atoms with Crippen molar-refractivity contribution >= 4 is 11.8 Å². The Morgan fingerprint density at radius 1 is 1.35 bits per heavy atom. The number of carbonyl (C=O) groups is 1. The van der Waals surface area contributed by atoms with Crippen LogP contribution < -0.4 is 10.9 Å². The van der Waals surface area contributed by atoms with E-state index in [0.717, 1.165) is 6.20 Å². The van der Waals surface area contributed by atoms with Crippen molar-refractivity contribution in [1.29, 1.82) is 0 Å². The van der Waals surface area contributed by atoms with E-state index in [1.165, 1.54) is 0 Å². The summed E-state index contributed by atoms with van der Waals surface area (Å²) in [5.74, 6) is 0.284. The van der Waals surface area contributed by atoms with Gasteiger partial charge in [-0.1, -0.05) is 6.07 Å². The van der Waals surface area contributed by atoms with Gasteiger partial charge in [0, 0.05) is 6.20 Å². The van der Waals surface area contributed by atoms with Crippen LogP contribution in [0.2, 0.25) is 0 Å². The number of nitrogens with one attached hydrogen (secondary N) is 2. The van der Waals surface area contributed by atoms with E-state index < -0.39 is 11.7 Å². The zero-order valence-electron chi connectivity index (χ0n) is 8.54. The van der Waals surface area contributed by atoms with Crippen molar-refractivity contribution in [2.45, 2.75) is 0 Å². The van der Waals surface area contributed by atoms with Crippen LogP contribution in [0, 0.1) is 0 Å². The van der Waals surface area contributed by atoms with Gasteiger partial charge in [-0.3, -0.25) is 15.1 Å². The van der Waals surface area contributed by atoms with Crippen LogP contribution in [-0.4, -0.2) is 26.2 Å². The third kappa shape index (κ3) is 2.46. The van der Waals surface area contributed by atoms with Crippen LogP contribution in [-0.2, 0) is 0 Å². The summed E-state index contributed by atoms with van der Waals surface area (Å²) >= 11 is 0. The van der Waals surface area contributed by atoms with E-state index in [-0.39, 0.29) is 11.5 Å². The summed E-state index contributed by atoms with van der Waals surface area (Å²) in [6.07, 6.45) is 1.40. The van der Waals surface area contributed by atoms with Crippen molar-refractivity contribution in [3.63, 3.8) is 0 Å². The van der Waals surface area contributed by atoms with Crippen LogP contribution in [0.25, 0.3) is 11.5 Å². The Labute approximate surface area is 95.2 Å². The third-order valence-electron chi connectivity index (χ3n) is 1.95. The molecule has 3 N–H and O–H groups in total. The van der Waals surface area contributed by atoms with Gasteiger partial charge in [-0.2, -0.15) is 0 Å². The molecular formula is C10H8N4O3. The number of anilines is 1. The highest BCUT2D eigenvalue weighted by Crippen LogP contribution is 2.09. The summed E-state index contributed by atoms with van der Waals surface area (Å²) < 4.78 is 0. The molecule has 0 atom stereocenters. The first-order valence-electron chi connectivity index (χ1n) is 4.67. The minimum Gasteiger partial charge on any atom is -0.465 e. The summed E-state index contributed by atoms with van der Waals surface area (Å²) in [5.41, 5.74) is -0.188. The fourth-order valence-corrected chi connectivity index (χ4v) is 1.23. The van der Waals surface area contributed by atoms with Gasteiger partial charge in [-0.15, -0.1) is 0 Å². The van der Waals surface area contributed by atoms with E-state index in [4.69, 9.17) is 5.11 Å². The molecule has 2 aromatic heterocycles. The normalized spacial score (nSPS) is 9.88. The van der Waals surface area contributed by atoms with E-state index in [9.17, 15) is 9.59 Å². The molecule has 2 aromatic rings. The largest absolute Gasteiger partial charge is 0.465 e. The SMILES string of the molecule is O=C(O)Nc1cnc(-c2ccccn2)[nH]c1=O. The quantitative estimate of drug-likeness (QED) is 0.713. The van der Waals surface area contributed by atoms with Gasteiger partial charge in [0.1, 0.15) is 11.4 Å². The molecule has 0 saturated heterocycles. The molecule has 0 aliphatic carbocycles. The Kier molecular flexibility index (Phi) is 2.82. The Morgan fingerprint density at radius 2 is 2.18 bits per heavy atom. The molecule has 0 aliphatic heterocycles. The first-order chi connectivity index (χ1) is 8.16. The first-order valence-corrected chi connectivity index (χ1v) is 4.67. The third-order valence-corrected chi connectivity index (χ3v) is 1.95. The predicted octanol–water partition coefficient (Wildman–Crippen LogP) is 0.922. The lowest BCUT2D eigenvalue weighted by Crippen LogP contribution is -2.19. The summed E-state index contributed by atoms with van der Waals surface area (Å²) in [7, 11) is 0. The van der Waals surface area contributed by atoms with Gasteiger partial charge in [-0.25, -0.2) is 9.78 Å². The Bertz CT molecular complexity index is 594. The molecule has 17 heavy (non-hydrogen) atoms. The number of pyridine rings is 1. The summed E-state index contributed by atoms with van der Waals surface area (Å²) in [5, 5.41) is 10.4. The number of nitrogens with zero attached hydrogens (tertiary/aromatic N) is 2. The lowest BCUT2D eigenvalue weighted by molar-refractivity contribution is 0.209. The van der Waals surface area contributed by atoms with Crippen LogP contribution in [0.1, 0.15) is 0 Å². The first kappa shape index (κ1) is 10.8. The molecule has 0 unspecified atom stereocenters. The van der Waals surface area contributed by atoms with Gasteiger partial charge >= 0.3 is 6.09 Å². The molecule has 86 valence electrons. The van der Waals surface area contributed by atoms with Crippen molar-refractivity contribution < 1.29 is 9.90 Å². The monoisotopic (exact) mass is 232 g/mol. The Morgan fingerprint density at radius 3 is 2.76 bits per heavy atom. The second-order valence-corrected chi connectivity index (χ2v) is 3.12. The van der Waals surface area contributed by atoms with Crippen molar-refractivity contribution in [1.82, 2.24) is 15.0 Å². The van der Waals surface area contributed by atoms with E-state index in [2.05, 4.69) is 15.0 Å². The molecule has 0 saturated carbocycles. The average Bonchev–Trinajstić information content (AvgIpc) is 2.32. The van der Waals surface area contributed by atoms with Crippen molar-refractivity contribution in [3.8, 4) is 11.5 Å². The summed E-state index contributed by atoms with van der Waals surface area (Å²) in [6, 6.07) is 5.18. The minimum atomic E-state index is -1.32. The molecule has 0 aliphatic rings. The van der Waals surface area contributed by atoms with Gasteiger partial charge in [0.15, 0.2) is 5.82 Å². The number of aromatic amines is 1. The Balaban J connectivity index is 2.38. The van der Waals surface area contributed by atoms with Crippen LogP contribution in [0.3, 0.4) is 0 Å². The van der Waals surface area contributed by atoms with Crippen molar-refractivity contribution in [2.24, 2.45) is 0 Å². The zero-order chi connectivity index (χ0) is 12.3. The van der Waals surface area contributed by atoms with Crippen LogP contribution in [0.4, 0.5) is 10.5 Å². The number of amides is 1. The highest BCUT2D eigenvalue weighted by Gasteiger charge is 2.06.